The monoisotopic (exact) mass is 264 g/mol. The molecule has 0 N–H and O–H groups in total. The molecule has 1 aromatic carbocycles. The standard InChI is InChI=1S/C15H21FN2O/c1-11(2)17-6-8-18(9-7-17)15(19)13-10-12(3)4-5-14(13)16/h4-5,10-11H,6-9H2,1-3H3. The van der Waals surface area contributed by atoms with Crippen molar-refractivity contribution in [1.29, 1.82) is 0 Å². The average molecular weight is 264 g/mol. The fraction of sp³-hybridized carbons (Fsp3) is 0.533. The van der Waals surface area contributed by atoms with Crippen molar-refractivity contribution in [2.45, 2.75) is 26.8 Å². The van der Waals surface area contributed by atoms with Gasteiger partial charge in [-0.1, -0.05) is 11.6 Å². The number of piperazine rings is 1. The number of rotatable bonds is 2. The fourth-order valence-corrected chi connectivity index (χ4v) is 2.41. The highest BCUT2D eigenvalue weighted by atomic mass is 19.1. The molecule has 0 atom stereocenters. The maximum Gasteiger partial charge on any atom is 0.256 e. The van der Waals surface area contributed by atoms with Gasteiger partial charge in [-0.25, -0.2) is 4.39 Å². The predicted molar refractivity (Wildman–Crippen MR) is 73.7 cm³/mol. The number of amides is 1. The Morgan fingerprint density at radius 1 is 1.21 bits per heavy atom. The Bertz CT molecular complexity index is 465. The molecule has 0 aromatic heterocycles. The van der Waals surface area contributed by atoms with Gasteiger partial charge in [0.05, 0.1) is 5.56 Å². The number of hydrogen-bond acceptors (Lipinski definition) is 2. The van der Waals surface area contributed by atoms with Crippen LogP contribution in [-0.2, 0) is 0 Å². The lowest BCUT2D eigenvalue weighted by Crippen LogP contribution is -2.50. The number of carbonyl (C=O) groups excluding carboxylic acids is 1. The third-order valence-corrected chi connectivity index (χ3v) is 3.68. The third-order valence-electron chi connectivity index (χ3n) is 3.68. The van der Waals surface area contributed by atoms with Gasteiger partial charge in [-0.3, -0.25) is 9.69 Å². The molecule has 1 saturated heterocycles. The number of nitrogens with zero attached hydrogens (tertiary/aromatic N) is 2. The van der Waals surface area contributed by atoms with Gasteiger partial charge < -0.3 is 4.90 Å². The van der Waals surface area contributed by atoms with Gasteiger partial charge in [0.25, 0.3) is 5.91 Å². The van der Waals surface area contributed by atoms with Crippen LogP contribution in [0.4, 0.5) is 4.39 Å². The second-order valence-electron chi connectivity index (χ2n) is 5.41. The molecule has 1 fully saturated rings. The molecule has 0 unspecified atom stereocenters. The summed E-state index contributed by atoms with van der Waals surface area (Å²) in [5.41, 5.74) is 1.10. The molecule has 0 spiro atoms. The van der Waals surface area contributed by atoms with Crippen LogP contribution in [0.2, 0.25) is 0 Å². The minimum Gasteiger partial charge on any atom is -0.336 e. The molecule has 1 amide bonds. The number of halogens is 1. The van der Waals surface area contributed by atoms with Crippen molar-refractivity contribution in [3.8, 4) is 0 Å². The zero-order valence-electron chi connectivity index (χ0n) is 11.8. The zero-order valence-corrected chi connectivity index (χ0v) is 11.8. The van der Waals surface area contributed by atoms with Crippen molar-refractivity contribution in [3.63, 3.8) is 0 Å². The van der Waals surface area contributed by atoms with E-state index in [4.69, 9.17) is 0 Å². The molecule has 0 radical (unpaired) electrons. The molecule has 0 saturated carbocycles. The molecule has 3 nitrogen and oxygen atoms in total. The van der Waals surface area contributed by atoms with Crippen LogP contribution in [0.1, 0.15) is 29.8 Å². The van der Waals surface area contributed by atoms with E-state index in [9.17, 15) is 9.18 Å². The maximum atomic E-state index is 13.7. The molecule has 104 valence electrons. The Kier molecular flexibility index (Phi) is 4.20. The van der Waals surface area contributed by atoms with Crippen molar-refractivity contribution in [1.82, 2.24) is 9.80 Å². The number of aryl methyl sites for hydroxylation is 1. The van der Waals surface area contributed by atoms with Crippen LogP contribution in [0.15, 0.2) is 18.2 Å². The smallest absolute Gasteiger partial charge is 0.256 e. The van der Waals surface area contributed by atoms with E-state index in [0.29, 0.717) is 19.1 Å². The average Bonchev–Trinajstić information content (AvgIpc) is 2.41. The van der Waals surface area contributed by atoms with E-state index in [1.54, 1.807) is 17.0 Å². The van der Waals surface area contributed by atoms with E-state index in [-0.39, 0.29) is 11.5 Å². The largest absolute Gasteiger partial charge is 0.336 e. The van der Waals surface area contributed by atoms with Crippen LogP contribution in [-0.4, -0.2) is 47.9 Å². The summed E-state index contributed by atoms with van der Waals surface area (Å²) in [4.78, 5) is 16.4. The zero-order chi connectivity index (χ0) is 14.0. The van der Waals surface area contributed by atoms with E-state index in [1.807, 2.05) is 6.92 Å². The summed E-state index contributed by atoms with van der Waals surface area (Å²) in [6.45, 7) is 9.23. The van der Waals surface area contributed by atoms with Crippen molar-refractivity contribution < 1.29 is 9.18 Å². The van der Waals surface area contributed by atoms with Crippen LogP contribution >= 0.6 is 0 Å². The lowest BCUT2D eigenvalue weighted by Gasteiger charge is -2.37. The predicted octanol–water partition coefficient (Wildman–Crippen LogP) is 2.30. The van der Waals surface area contributed by atoms with Gasteiger partial charge in [0.2, 0.25) is 0 Å². The molecule has 0 bridgehead atoms. The molecule has 4 heteroatoms. The van der Waals surface area contributed by atoms with E-state index >= 15 is 0 Å². The molecule has 2 rings (SSSR count). The Hall–Kier alpha value is -1.42. The molecular formula is C15H21FN2O. The van der Waals surface area contributed by atoms with E-state index in [1.165, 1.54) is 6.07 Å². The second kappa shape index (κ2) is 5.70. The molecule has 1 heterocycles. The van der Waals surface area contributed by atoms with Gasteiger partial charge in [0.15, 0.2) is 0 Å². The van der Waals surface area contributed by atoms with Crippen LogP contribution in [0.3, 0.4) is 0 Å². The summed E-state index contributed by atoms with van der Waals surface area (Å²) in [6.07, 6.45) is 0. The molecule has 1 aliphatic rings. The summed E-state index contributed by atoms with van der Waals surface area (Å²) >= 11 is 0. The van der Waals surface area contributed by atoms with E-state index < -0.39 is 5.82 Å². The SMILES string of the molecule is Cc1ccc(F)c(C(=O)N2CCN(C(C)C)CC2)c1. The highest BCUT2D eigenvalue weighted by Gasteiger charge is 2.24. The van der Waals surface area contributed by atoms with Crippen LogP contribution in [0, 0.1) is 12.7 Å². The Morgan fingerprint density at radius 2 is 1.84 bits per heavy atom. The van der Waals surface area contributed by atoms with Crippen LogP contribution < -0.4 is 0 Å². The number of hydrogen-bond donors (Lipinski definition) is 0. The normalized spacial score (nSPS) is 17.0. The third kappa shape index (κ3) is 3.13. The summed E-state index contributed by atoms with van der Waals surface area (Å²) in [5, 5.41) is 0. The molecule has 1 aliphatic heterocycles. The molecule has 19 heavy (non-hydrogen) atoms. The lowest BCUT2D eigenvalue weighted by atomic mass is 10.1. The van der Waals surface area contributed by atoms with Crippen molar-refractivity contribution in [2.24, 2.45) is 0 Å². The van der Waals surface area contributed by atoms with Crippen LogP contribution in [0.5, 0.6) is 0 Å². The van der Waals surface area contributed by atoms with Gasteiger partial charge >= 0.3 is 0 Å². The highest BCUT2D eigenvalue weighted by Crippen LogP contribution is 2.15. The molecular weight excluding hydrogens is 243 g/mol. The van der Waals surface area contributed by atoms with Gasteiger partial charge in [0.1, 0.15) is 5.82 Å². The second-order valence-corrected chi connectivity index (χ2v) is 5.41. The van der Waals surface area contributed by atoms with Gasteiger partial charge in [0, 0.05) is 32.2 Å². The Morgan fingerprint density at radius 3 is 2.42 bits per heavy atom. The first-order valence-corrected chi connectivity index (χ1v) is 6.78. The Balaban J connectivity index is 2.07. The fourth-order valence-electron chi connectivity index (χ4n) is 2.41. The number of benzene rings is 1. The Labute approximate surface area is 114 Å². The van der Waals surface area contributed by atoms with Gasteiger partial charge in [-0.15, -0.1) is 0 Å². The van der Waals surface area contributed by atoms with Crippen molar-refractivity contribution in [3.05, 3.63) is 35.1 Å². The molecule has 0 aliphatic carbocycles. The van der Waals surface area contributed by atoms with Gasteiger partial charge in [-0.2, -0.15) is 0 Å². The summed E-state index contributed by atoms with van der Waals surface area (Å²) in [5.74, 6) is -0.619. The van der Waals surface area contributed by atoms with Gasteiger partial charge in [-0.05, 0) is 32.9 Å². The quantitative estimate of drug-likeness (QED) is 0.818. The minimum absolute atomic E-state index is 0.190. The topological polar surface area (TPSA) is 23.6 Å². The summed E-state index contributed by atoms with van der Waals surface area (Å²) < 4.78 is 13.7. The van der Waals surface area contributed by atoms with E-state index in [0.717, 1.165) is 18.7 Å². The maximum absolute atomic E-state index is 13.7. The van der Waals surface area contributed by atoms with E-state index in [2.05, 4.69) is 18.7 Å². The first kappa shape index (κ1) is 14.0. The first-order chi connectivity index (χ1) is 8.99. The van der Waals surface area contributed by atoms with Crippen molar-refractivity contribution >= 4 is 5.91 Å². The number of carbonyl (C=O) groups is 1. The molecule has 1 aromatic rings. The van der Waals surface area contributed by atoms with Crippen molar-refractivity contribution in [2.75, 3.05) is 26.2 Å². The summed E-state index contributed by atoms with van der Waals surface area (Å²) in [6, 6.07) is 5.18. The lowest BCUT2D eigenvalue weighted by molar-refractivity contribution is 0.0591. The summed E-state index contributed by atoms with van der Waals surface area (Å²) in [7, 11) is 0. The first-order valence-electron chi connectivity index (χ1n) is 6.78. The highest BCUT2D eigenvalue weighted by molar-refractivity contribution is 5.94. The minimum atomic E-state index is -0.429. The van der Waals surface area contributed by atoms with Crippen LogP contribution in [0.25, 0.3) is 0 Å².